The molecule has 2 heterocycles. The molecule has 2 aromatic rings. The fourth-order valence-electron chi connectivity index (χ4n) is 3.66. The average molecular weight is 496 g/mol. The molecule has 0 unspecified atom stereocenters. The van der Waals surface area contributed by atoms with E-state index in [-0.39, 0.29) is 15.5 Å². The Balaban J connectivity index is 1.44. The van der Waals surface area contributed by atoms with E-state index < -0.39 is 32.5 Å². The van der Waals surface area contributed by atoms with Crippen molar-refractivity contribution in [3.63, 3.8) is 0 Å². The predicted octanol–water partition coefficient (Wildman–Crippen LogP) is 1.50. The number of amides is 1. The molecule has 0 saturated carbocycles. The van der Waals surface area contributed by atoms with Gasteiger partial charge in [-0.2, -0.15) is 8.61 Å². The van der Waals surface area contributed by atoms with Crippen LogP contribution in [0.15, 0.2) is 52.3 Å². The maximum atomic E-state index is 12.9. The number of anilines is 1. The fourth-order valence-corrected chi connectivity index (χ4v) is 6.37. The Morgan fingerprint density at radius 2 is 1.67 bits per heavy atom. The van der Waals surface area contributed by atoms with Crippen molar-refractivity contribution in [2.24, 2.45) is 0 Å². The third kappa shape index (κ3) is 4.98. The van der Waals surface area contributed by atoms with Crippen molar-refractivity contribution in [2.75, 3.05) is 45.2 Å². The van der Waals surface area contributed by atoms with Crippen LogP contribution in [0.4, 0.5) is 5.69 Å². The number of sulfonamides is 2. The molecule has 1 saturated heterocycles. The van der Waals surface area contributed by atoms with Gasteiger partial charge >= 0.3 is 0 Å². The molecule has 1 amide bonds. The minimum Gasteiger partial charge on any atom is -0.486 e. The molecule has 2 aromatic carbocycles. The van der Waals surface area contributed by atoms with Crippen LogP contribution in [0.3, 0.4) is 0 Å². The summed E-state index contributed by atoms with van der Waals surface area (Å²) in [6.07, 6.45) is 1.64. The first-order chi connectivity index (χ1) is 15.7. The summed E-state index contributed by atoms with van der Waals surface area (Å²) in [6.45, 7) is 1.20. The average Bonchev–Trinajstić information content (AvgIpc) is 3.35. The first-order valence-corrected chi connectivity index (χ1v) is 13.3. The Labute approximate surface area is 193 Å². The van der Waals surface area contributed by atoms with Crippen molar-refractivity contribution in [1.82, 2.24) is 8.61 Å². The summed E-state index contributed by atoms with van der Waals surface area (Å²) in [7, 11) is -6.31. The molecule has 0 atom stereocenters. The van der Waals surface area contributed by atoms with Gasteiger partial charge in [-0.15, -0.1) is 0 Å². The molecule has 12 heteroatoms. The molecule has 2 aliphatic heterocycles. The molecule has 0 bridgehead atoms. The highest BCUT2D eigenvalue weighted by molar-refractivity contribution is 7.89. The standard InChI is InChI=1S/C21H25N3O7S2/c1-23(32(26,27)18-7-8-19-20(14-18)31-12-11-30-19)15-21(25)22-16-5-4-6-17(13-16)33(28,29)24-9-2-3-10-24/h4-8,13-14H,2-3,9-12,15H2,1H3,(H,22,25). The van der Waals surface area contributed by atoms with Gasteiger partial charge in [-0.05, 0) is 43.2 Å². The summed E-state index contributed by atoms with van der Waals surface area (Å²) in [5.74, 6) is 0.190. The number of rotatable bonds is 7. The van der Waals surface area contributed by atoms with Crippen molar-refractivity contribution in [3.05, 3.63) is 42.5 Å². The molecule has 10 nitrogen and oxygen atoms in total. The number of carbonyl (C=O) groups excluding carboxylic acids is 1. The number of hydrogen-bond acceptors (Lipinski definition) is 7. The van der Waals surface area contributed by atoms with E-state index in [1.54, 1.807) is 6.07 Å². The number of likely N-dealkylation sites (N-methyl/N-ethyl adjacent to an activating group) is 1. The van der Waals surface area contributed by atoms with Crippen LogP contribution in [0.25, 0.3) is 0 Å². The van der Waals surface area contributed by atoms with Gasteiger partial charge in [0.1, 0.15) is 13.2 Å². The van der Waals surface area contributed by atoms with Gasteiger partial charge in [0, 0.05) is 31.9 Å². The number of ether oxygens (including phenoxy) is 2. The molecule has 0 spiro atoms. The number of nitrogens with zero attached hydrogens (tertiary/aromatic N) is 2. The number of benzene rings is 2. The van der Waals surface area contributed by atoms with E-state index in [0.29, 0.717) is 37.8 Å². The molecule has 1 fully saturated rings. The van der Waals surface area contributed by atoms with E-state index in [0.717, 1.165) is 17.1 Å². The Kier molecular flexibility index (Phi) is 6.61. The molecular formula is C21H25N3O7S2. The molecule has 1 N–H and O–H groups in total. The summed E-state index contributed by atoms with van der Waals surface area (Å²) in [6, 6.07) is 10.2. The minimum absolute atomic E-state index is 0.0271. The van der Waals surface area contributed by atoms with Crippen LogP contribution >= 0.6 is 0 Å². The third-order valence-corrected chi connectivity index (χ3v) is 9.10. The van der Waals surface area contributed by atoms with Crippen molar-refractivity contribution >= 4 is 31.6 Å². The second-order valence-corrected chi connectivity index (χ2v) is 11.7. The Bertz CT molecular complexity index is 1260. The smallest absolute Gasteiger partial charge is 0.243 e. The molecule has 33 heavy (non-hydrogen) atoms. The summed E-state index contributed by atoms with van der Waals surface area (Å²) in [5.41, 5.74) is 0.269. The highest BCUT2D eigenvalue weighted by Gasteiger charge is 2.28. The van der Waals surface area contributed by atoms with Crippen LogP contribution in [0.2, 0.25) is 0 Å². The SMILES string of the molecule is CN(CC(=O)Nc1cccc(S(=O)(=O)N2CCCC2)c1)S(=O)(=O)c1ccc2c(c1)OCCO2. The van der Waals surface area contributed by atoms with Crippen LogP contribution in [0, 0.1) is 0 Å². The predicted molar refractivity (Wildman–Crippen MR) is 120 cm³/mol. The second kappa shape index (κ2) is 9.29. The summed E-state index contributed by atoms with van der Waals surface area (Å²) >= 11 is 0. The van der Waals surface area contributed by atoms with Crippen LogP contribution in [-0.2, 0) is 24.8 Å². The molecule has 0 aromatic heterocycles. The molecule has 0 radical (unpaired) electrons. The van der Waals surface area contributed by atoms with Gasteiger partial charge in [0.05, 0.1) is 16.3 Å². The van der Waals surface area contributed by atoms with Gasteiger partial charge in [-0.1, -0.05) is 6.07 Å². The first kappa shape index (κ1) is 23.5. The zero-order valence-corrected chi connectivity index (χ0v) is 19.7. The van der Waals surface area contributed by atoms with Crippen molar-refractivity contribution in [2.45, 2.75) is 22.6 Å². The van der Waals surface area contributed by atoms with Crippen molar-refractivity contribution in [3.8, 4) is 11.5 Å². The number of fused-ring (bicyclic) bond motifs is 1. The highest BCUT2D eigenvalue weighted by Crippen LogP contribution is 2.33. The normalized spacial score (nSPS) is 16.7. The number of hydrogen-bond donors (Lipinski definition) is 1. The topological polar surface area (TPSA) is 122 Å². The highest BCUT2D eigenvalue weighted by atomic mass is 32.2. The van der Waals surface area contributed by atoms with Gasteiger partial charge in [0.25, 0.3) is 0 Å². The van der Waals surface area contributed by atoms with Gasteiger partial charge < -0.3 is 14.8 Å². The molecule has 2 aliphatic rings. The maximum Gasteiger partial charge on any atom is 0.243 e. The van der Waals surface area contributed by atoms with Gasteiger partial charge in [-0.25, -0.2) is 16.8 Å². The monoisotopic (exact) mass is 495 g/mol. The Morgan fingerprint density at radius 1 is 0.970 bits per heavy atom. The zero-order valence-electron chi connectivity index (χ0n) is 18.1. The second-order valence-electron chi connectivity index (χ2n) is 7.75. The van der Waals surface area contributed by atoms with Gasteiger partial charge in [0.15, 0.2) is 11.5 Å². The lowest BCUT2D eigenvalue weighted by Crippen LogP contribution is -2.35. The largest absolute Gasteiger partial charge is 0.486 e. The van der Waals surface area contributed by atoms with E-state index >= 15 is 0 Å². The lowest BCUT2D eigenvalue weighted by atomic mass is 10.3. The fraction of sp³-hybridized carbons (Fsp3) is 0.381. The summed E-state index contributed by atoms with van der Waals surface area (Å²) < 4.78 is 64.5. The minimum atomic E-state index is -3.97. The van der Waals surface area contributed by atoms with Gasteiger partial charge in [0.2, 0.25) is 26.0 Å². The maximum absolute atomic E-state index is 12.9. The van der Waals surface area contributed by atoms with Crippen molar-refractivity contribution in [1.29, 1.82) is 0 Å². The summed E-state index contributed by atoms with van der Waals surface area (Å²) in [4.78, 5) is 12.6. The molecule has 178 valence electrons. The quantitative estimate of drug-likeness (QED) is 0.618. The van der Waals surface area contributed by atoms with E-state index in [9.17, 15) is 21.6 Å². The molecule has 0 aliphatic carbocycles. The zero-order chi connectivity index (χ0) is 23.6. The van der Waals surface area contributed by atoms with Gasteiger partial charge in [-0.3, -0.25) is 4.79 Å². The summed E-state index contributed by atoms with van der Waals surface area (Å²) in [5, 5.41) is 2.58. The lowest BCUT2D eigenvalue weighted by Gasteiger charge is -2.21. The number of carbonyl (C=O) groups is 1. The molecule has 4 rings (SSSR count). The third-order valence-electron chi connectivity index (χ3n) is 5.41. The first-order valence-electron chi connectivity index (χ1n) is 10.4. The van der Waals surface area contributed by atoms with Crippen LogP contribution in [-0.4, -0.2) is 71.2 Å². The Morgan fingerprint density at radius 3 is 2.39 bits per heavy atom. The van der Waals surface area contributed by atoms with E-state index in [1.165, 1.54) is 47.8 Å². The van der Waals surface area contributed by atoms with Crippen LogP contribution in [0.5, 0.6) is 11.5 Å². The lowest BCUT2D eigenvalue weighted by molar-refractivity contribution is -0.116. The Hall–Kier alpha value is -2.67. The van der Waals surface area contributed by atoms with E-state index in [1.807, 2.05) is 0 Å². The van der Waals surface area contributed by atoms with E-state index in [2.05, 4.69) is 5.32 Å². The van der Waals surface area contributed by atoms with Crippen molar-refractivity contribution < 1.29 is 31.1 Å². The van der Waals surface area contributed by atoms with Crippen LogP contribution < -0.4 is 14.8 Å². The number of nitrogens with one attached hydrogen (secondary N) is 1. The van der Waals surface area contributed by atoms with E-state index in [4.69, 9.17) is 9.47 Å². The molecular weight excluding hydrogens is 470 g/mol. The van der Waals surface area contributed by atoms with Crippen LogP contribution in [0.1, 0.15) is 12.8 Å².